The second-order valence-electron chi connectivity index (χ2n) is 31.1. The van der Waals surface area contributed by atoms with Gasteiger partial charge in [-0.05, 0) is 214 Å². The minimum Gasteiger partial charge on any atom is -0.456 e. The molecule has 122 heavy (non-hydrogen) atoms. The summed E-state index contributed by atoms with van der Waals surface area (Å²) in [6.45, 7) is 7.46. The van der Waals surface area contributed by atoms with Crippen LogP contribution in [-0.2, 0) is 0 Å². The predicted molar refractivity (Wildman–Crippen MR) is 500 cm³/mol. The number of nitrogens with zero attached hydrogens (tertiary/aromatic N) is 7. The van der Waals surface area contributed by atoms with Crippen molar-refractivity contribution in [2.75, 3.05) is 9.80 Å². The second-order valence-corrected chi connectivity index (χ2v) is 31.1. The van der Waals surface area contributed by atoms with Crippen LogP contribution in [0.3, 0.4) is 0 Å². The zero-order valence-corrected chi connectivity index (χ0v) is 63.9. The van der Waals surface area contributed by atoms with Gasteiger partial charge in [-0.3, -0.25) is 0 Å². The van der Waals surface area contributed by atoms with Gasteiger partial charge in [0.25, 0.3) is 6.71 Å². The fraction of sp³-hybridized carbons (Fsp3) is 0. The first-order chi connectivity index (χ1) is 66.3. The zero-order chi connectivity index (χ0) is 92.0. The number of furan rings is 4. The van der Waals surface area contributed by atoms with Crippen molar-refractivity contribution >= 4 is 216 Å². The molecule has 25 aromatic rings. The highest BCUT2D eigenvalue weighted by Crippen LogP contribution is 2.58. The smallest absolute Gasteiger partial charge is 0.252 e. The minimum atomic E-state index is -0.941. The van der Waals surface area contributed by atoms with Gasteiger partial charge in [-0.2, -0.15) is 5.26 Å². The molecular weight excluding hydrogens is 1490 g/mol. The molecule has 2 aliphatic rings. The third-order valence-electron chi connectivity index (χ3n) is 25.0. The van der Waals surface area contributed by atoms with Gasteiger partial charge in [0.1, 0.15) is 44.7 Å². The molecule has 0 spiro atoms. The summed E-state index contributed by atoms with van der Waals surface area (Å²) in [7, 11) is 0. The molecule has 9 heterocycles. The lowest BCUT2D eigenvalue weighted by molar-refractivity contribution is 0.668. The lowest BCUT2D eigenvalue weighted by atomic mass is 9.33. The fourth-order valence-electron chi connectivity index (χ4n) is 20.0. The normalized spacial score (nSPS) is 14.3. The molecule has 2 aliphatic heterocycles. The summed E-state index contributed by atoms with van der Waals surface area (Å²) in [5, 5.41) is 18.3. The summed E-state index contributed by atoms with van der Waals surface area (Å²) >= 11 is 0. The Hall–Kier alpha value is -16.8. The Morgan fingerprint density at radius 3 is 1.30 bits per heavy atom. The van der Waals surface area contributed by atoms with Gasteiger partial charge in [0, 0.05) is 113 Å². The summed E-state index contributed by atoms with van der Waals surface area (Å²) < 4.78 is 170. The van der Waals surface area contributed by atoms with Crippen LogP contribution in [0.4, 0.5) is 39.8 Å². The zero-order valence-electron chi connectivity index (χ0n) is 77.9. The summed E-state index contributed by atoms with van der Waals surface area (Å²) in [6.07, 6.45) is 0. The second kappa shape index (κ2) is 24.9. The fourth-order valence-corrected chi connectivity index (χ4v) is 20.0. The van der Waals surface area contributed by atoms with Gasteiger partial charge < -0.3 is 41.2 Å². The lowest BCUT2D eigenvalue weighted by Gasteiger charge is -2.45. The van der Waals surface area contributed by atoms with Crippen LogP contribution in [-0.4, -0.2) is 20.4 Å². The van der Waals surface area contributed by atoms with Crippen LogP contribution in [0, 0.1) is 17.9 Å². The highest BCUT2D eigenvalue weighted by Gasteiger charge is 2.47. The summed E-state index contributed by atoms with van der Waals surface area (Å²) in [5.41, 5.74) is 16.2. The first kappa shape index (κ1) is 54.2. The van der Waals surface area contributed by atoms with Crippen LogP contribution in [0.5, 0.6) is 0 Å². The standard InChI is InChI=1S/C110H60BN7O4/c1-113-66-43-52-91-83(59-66)72-25-7-14-34-88(72)116(91)69-45-49-85-93(61-69)118(110-76(47-54-103-107(110)80-29-11-18-38-99(80)122-103)74-31-20-40-101-105(74)78-27-9-16-36-97(78)120-101)95-58-65(64-42-51-90-82(56-64)71-24-6-12-32-86(71)114(90)67-21-3-2-4-22-67)57-94-108(95)111(85)84-48-44-68(115-87-33-13-5-23-70(87)81-55-63(62-112)41-50-89(81)115)60-92(84)117(94)109-75(46-53-102-106(109)79-28-10-17-37-98(79)121-102)73-30-19-39-100-104(73)77-26-8-15-35-96(77)119-100/h2-61H/i5D,7D,13D,14D,23D,25D,33D,34D,41D,43D,50D,52D,55D,59D. The molecule has 0 radical (unpaired) electrons. The van der Waals surface area contributed by atoms with Gasteiger partial charge >= 0.3 is 0 Å². The molecule has 0 amide bonds. The topological polar surface area (TPSA) is 102 Å². The monoisotopic (exact) mass is 1570 g/mol. The highest BCUT2D eigenvalue weighted by molar-refractivity contribution is 7.00. The molecule has 0 unspecified atom stereocenters. The molecular formula is C110H60BN7O4. The Labute approximate surface area is 715 Å². The molecule has 18 aromatic carbocycles. The van der Waals surface area contributed by atoms with E-state index >= 15 is 0 Å². The number of fused-ring (bicyclic) bond motifs is 25. The Bertz CT molecular complexity index is 9510. The van der Waals surface area contributed by atoms with Gasteiger partial charge in [-0.15, -0.1) is 0 Å². The van der Waals surface area contributed by atoms with Gasteiger partial charge in [0.2, 0.25) is 0 Å². The van der Waals surface area contributed by atoms with Crippen molar-refractivity contribution in [2.24, 2.45) is 0 Å². The highest BCUT2D eigenvalue weighted by atomic mass is 16.3. The summed E-state index contributed by atoms with van der Waals surface area (Å²) in [5.74, 6) is 0. The number of para-hydroxylation sites is 8. The first-order valence-electron chi connectivity index (χ1n) is 47.0. The molecule has 11 nitrogen and oxygen atoms in total. The van der Waals surface area contributed by atoms with E-state index in [0.29, 0.717) is 117 Å². The molecule has 0 atom stereocenters. The molecule has 27 rings (SSSR count). The molecule has 0 aliphatic carbocycles. The maximum absolute atomic E-state index is 10.9. The van der Waals surface area contributed by atoms with Crippen molar-refractivity contribution in [1.29, 1.82) is 5.26 Å². The van der Waals surface area contributed by atoms with E-state index in [2.05, 4.69) is 98.1 Å². The van der Waals surface area contributed by atoms with Crippen molar-refractivity contribution in [3.8, 4) is 56.5 Å². The van der Waals surface area contributed by atoms with Crippen molar-refractivity contribution in [2.45, 2.75) is 0 Å². The molecule has 0 N–H and O–H groups in total. The minimum absolute atomic E-state index is 0.116. The third-order valence-corrected chi connectivity index (χ3v) is 25.0. The number of aromatic nitrogens is 3. The number of nitriles is 1. The maximum atomic E-state index is 10.9. The number of benzene rings is 18. The predicted octanol–water partition coefficient (Wildman–Crippen LogP) is 28.1. The lowest BCUT2D eigenvalue weighted by Crippen LogP contribution is -2.61. The van der Waals surface area contributed by atoms with E-state index in [0.717, 1.165) is 82.0 Å². The van der Waals surface area contributed by atoms with E-state index in [9.17, 15) is 24.5 Å². The van der Waals surface area contributed by atoms with E-state index in [1.165, 1.54) is 9.13 Å². The van der Waals surface area contributed by atoms with E-state index in [1.807, 2.05) is 206 Å². The van der Waals surface area contributed by atoms with Gasteiger partial charge in [-0.25, -0.2) is 4.85 Å². The third kappa shape index (κ3) is 9.15. The van der Waals surface area contributed by atoms with Crippen LogP contribution in [0.25, 0.3) is 208 Å². The largest absolute Gasteiger partial charge is 0.456 e. The number of rotatable bonds is 8. The molecule has 0 saturated carbocycles. The average molecular weight is 1570 g/mol. The van der Waals surface area contributed by atoms with E-state index in [4.69, 9.17) is 24.2 Å². The van der Waals surface area contributed by atoms with Crippen LogP contribution in [0.1, 0.15) is 24.8 Å². The van der Waals surface area contributed by atoms with E-state index in [-0.39, 0.29) is 55.0 Å². The van der Waals surface area contributed by atoms with Crippen molar-refractivity contribution in [1.82, 2.24) is 13.7 Å². The van der Waals surface area contributed by atoms with E-state index < -0.39 is 103 Å². The summed E-state index contributed by atoms with van der Waals surface area (Å²) in [6, 6.07) is 87.0. The van der Waals surface area contributed by atoms with Gasteiger partial charge in [0.15, 0.2) is 5.69 Å². The SMILES string of the molecule is [2H]c1c([2H])c([2H])c2c(c1[2H])c1c([2H])c(C#N)c([2H])c([2H])c1n2-c1ccc2c(c1)N(c1c(-c3cccc4oc5ccccc5c34)ccc3oc4ccccc4c13)c1cc(-c3ccc4c(c3)c3ccccc3n4-c3ccccc3)cc3c1B2c1ccc(-n2c4c([2H])c([2H])c([2H])c([2H])c4c4c([2H])c([N+]#[C-])c([2H])c([2H])c42)cc1N3c1c(-c2cccc3oc4ccccc4c23)ccc2oc3ccccc3c12. The van der Waals surface area contributed by atoms with Crippen LogP contribution in [0.15, 0.2) is 381 Å². The van der Waals surface area contributed by atoms with E-state index in [1.54, 1.807) is 0 Å². The number of hydrogen-bond acceptors (Lipinski definition) is 7. The number of anilines is 6. The van der Waals surface area contributed by atoms with Crippen molar-refractivity contribution < 1.29 is 36.9 Å². The summed E-state index contributed by atoms with van der Waals surface area (Å²) in [4.78, 5) is 8.17. The van der Waals surface area contributed by atoms with Crippen LogP contribution >= 0.6 is 0 Å². The number of hydrogen-bond donors (Lipinski definition) is 0. The molecule has 562 valence electrons. The average Bonchev–Trinajstić information content (AvgIpc) is 0.897. The molecule has 0 bridgehead atoms. The Balaban J connectivity index is 0.875. The van der Waals surface area contributed by atoms with Gasteiger partial charge in [0.05, 0.1) is 89.9 Å². The first-order valence-corrected chi connectivity index (χ1v) is 40.0. The molecule has 0 saturated heterocycles. The van der Waals surface area contributed by atoms with Crippen molar-refractivity contribution in [3.05, 3.63) is 381 Å². The Kier molecular flexibility index (Phi) is 11.1. The van der Waals surface area contributed by atoms with Gasteiger partial charge in [-0.1, -0.05) is 194 Å². The van der Waals surface area contributed by atoms with Crippen LogP contribution in [0.2, 0.25) is 0 Å². The Morgan fingerprint density at radius 2 is 0.762 bits per heavy atom. The van der Waals surface area contributed by atoms with Crippen molar-refractivity contribution in [3.63, 3.8) is 0 Å². The molecule has 12 heteroatoms. The van der Waals surface area contributed by atoms with Crippen LogP contribution < -0.4 is 26.2 Å². The quantitative estimate of drug-likeness (QED) is 0.110. The molecule has 0 fully saturated rings. The molecule has 7 aromatic heterocycles. The Morgan fingerprint density at radius 1 is 0.311 bits per heavy atom. The maximum Gasteiger partial charge on any atom is 0.252 e.